The van der Waals surface area contributed by atoms with Crippen LogP contribution in [0.15, 0.2) is 30.6 Å². The van der Waals surface area contributed by atoms with Crippen molar-refractivity contribution < 1.29 is 9.53 Å². The van der Waals surface area contributed by atoms with Gasteiger partial charge >= 0.3 is 0 Å². The minimum absolute atomic E-state index is 0.104. The fraction of sp³-hybridized carbons (Fsp3) is 0.357. The number of carbonyl (C=O) groups excluding carboxylic acids is 1. The molecule has 5 nitrogen and oxygen atoms in total. The van der Waals surface area contributed by atoms with Crippen molar-refractivity contribution in [2.24, 2.45) is 0 Å². The van der Waals surface area contributed by atoms with Gasteiger partial charge in [0.15, 0.2) is 0 Å². The molecular formula is C14H16ClN3O2. The minimum atomic E-state index is -0.169. The van der Waals surface area contributed by atoms with E-state index in [0.717, 1.165) is 0 Å². The molecule has 0 radical (unpaired) electrons. The molecule has 1 heterocycles. The summed E-state index contributed by atoms with van der Waals surface area (Å²) in [6.45, 7) is 0.962. The van der Waals surface area contributed by atoms with Gasteiger partial charge in [0.2, 0.25) is 0 Å². The number of hydrogen-bond donors (Lipinski definition) is 1. The van der Waals surface area contributed by atoms with Gasteiger partial charge in [-0.3, -0.25) is 14.8 Å². The van der Waals surface area contributed by atoms with Crippen molar-refractivity contribution in [3.8, 4) is 0 Å². The molecule has 0 aliphatic rings. The summed E-state index contributed by atoms with van der Waals surface area (Å²) in [6, 6.07) is 5.35. The highest BCUT2D eigenvalue weighted by Crippen LogP contribution is 2.13. The lowest BCUT2D eigenvalue weighted by atomic mass is 10.1. The molecule has 1 unspecified atom stereocenters. The van der Waals surface area contributed by atoms with Gasteiger partial charge in [-0.05, 0) is 18.6 Å². The van der Waals surface area contributed by atoms with E-state index in [-0.39, 0.29) is 11.3 Å². The summed E-state index contributed by atoms with van der Waals surface area (Å²) in [6.07, 6.45) is 3.83. The number of methoxy groups -OCH3 is 1. The van der Waals surface area contributed by atoms with Gasteiger partial charge in [-0.1, -0.05) is 6.07 Å². The normalized spacial score (nSPS) is 12.3. The summed E-state index contributed by atoms with van der Waals surface area (Å²) in [5, 5.41) is 2.73. The van der Waals surface area contributed by atoms with E-state index in [9.17, 15) is 4.79 Å². The fourth-order valence-corrected chi connectivity index (χ4v) is 2.11. The lowest BCUT2D eigenvalue weighted by Crippen LogP contribution is -2.27. The van der Waals surface area contributed by atoms with Crippen LogP contribution in [0.4, 0.5) is 0 Å². The molecule has 106 valence electrons. The van der Waals surface area contributed by atoms with Crippen LogP contribution < -0.4 is 5.32 Å². The number of nitrogens with zero attached hydrogens (tertiary/aromatic N) is 2. The van der Waals surface area contributed by atoms with Crippen molar-refractivity contribution in [2.45, 2.75) is 11.8 Å². The number of ether oxygens (including phenoxy) is 1. The molecule has 0 fully saturated rings. The van der Waals surface area contributed by atoms with E-state index >= 15 is 0 Å². The van der Waals surface area contributed by atoms with Crippen LogP contribution in [0.5, 0.6) is 0 Å². The first-order valence-electron chi connectivity index (χ1n) is 6.33. The van der Waals surface area contributed by atoms with Crippen LogP contribution in [0.1, 0.15) is 16.8 Å². The monoisotopic (exact) mass is 293 g/mol. The maximum atomic E-state index is 12.1. The van der Waals surface area contributed by atoms with Crippen LogP contribution in [0.3, 0.4) is 0 Å². The van der Waals surface area contributed by atoms with E-state index in [1.165, 1.54) is 0 Å². The second-order valence-corrected chi connectivity index (χ2v) is 4.94. The Bertz CT molecular complexity index is 586. The SMILES string of the molecule is COCC(Cl)CCNC(=O)c1cccc2nccnc12. The van der Waals surface area contributed by atoms with Crippen molar-refractivity contribution in [3.63, 3.8) is 0 Å². The van der Waals surface area contributed by atoms with Gasteiger partial charge in [-0.15, -0.1) is 11.6 Å². The number of nitrogens with one attached hydrogen (secondary N) is 1. The first-order chi connectivity index (χ1) is 9.72. The van der Waals surface area contributed by atoms with Gasteiger partial charge in [0, 0.05) is 26.0 Å². The summed E-state index contributed by atoms with van der Waals surface area (Å²) >= 11 is 6.01. The molecule has 1 N–H and O–H groups in total. The van der Waals surface area contributed by atoms with Gasteiger partial charge in [0.05, 0.1) is 23.1 Å². The molecule has 6 heteroatoms. The van der Waals surface area contributed by atoms with E-state index in [2.05, 4.69) is 15.3 Å². The number of aromatic nitrogens is 2. The Labute approximate surface area is 122 Å². The van der Waals surface area contributed by atoms with Crippen LogP contribution in [-0.4, -0.2) is 41.5 Å². The Morgan fingerprint density at radius 2 is 2.20 bits per heavy atom. The topological polar surface area (TPSA) is 64.1 Å². The molecule has 0 spiro atoms. The zero-order valence-corrected chi connectivity index (χ0v) is 11.9. The molecule has 20 heavy (non-hydrogen) atoms. The number of amides is 1. The molecule has 1 aromatic carbocycles. The van der Waals surface area contributed by atoms with Gasteiger partial charge in [-0.25, -0.2) is 0 Å². The van der Waals surface area contributed by atoms with Gasteiger partial charge in [0.25, 0.3) is 5.91 Å². The van der Waals surface area contributed by atoms with Crippen molar-refractivity contribution in [1.29, 1.82) is 0 Å². The quantitative estimate of drug-likeness (QED) is 0.828. The lowest BCUT2D eigenvalue weighted by molar-refractivity contribution is 0.0953. The number of para-hydroxylation sites is 1. The molecule has 1 aromatic heterocycles. The van der Waals surface area contributed by atoms with E-state index < -0.39 is 0 Å². The molecule has 2 aromatic rings. The predicted molar refractivity (Wildman–Crippen MR) is 78.0 cm³/mol. The molecule has 0 bridgehead atoms. The van der Waals surface area contributed by atoms with Crippen molar-refractivity contribution in [2.75, 3.05) is 20.3 Å². The maximum absolute atomic E-state index is 12.1. The highest BCUT2D eigenvalue weighted by molar-refractivity contribution is 6.20. The van der Waals surface area contributed by atoms with E-state index in [4.69, 9.17) is 16.3 Å². The molecule has 1 atom stereocenters. The Hall–Kier alpha value is -1.72. The molecule has 1 amide bonds. The predicted octanol–water partition coefficient (Wildman–Crippen LogP) is 2.00. The van der Waals surface area contributed by atoms with Crippen LogP contribution in [-0.2, 0) is 4.74 Å². The molecule has 0 aliphatic carbocycles. The van der Waals surface area contributed by atoms with Crippen LogP contribution in [0.2, 0.25) is 0 Å². The smallest absolute Gasteiger partial charge is 0.253 e. The summed E-state index contributed by atoms with van der Waals surface area (Å²) in [7, 11) is 1.60. The summed E-state index contributed by atoms with van der Waals surface area (Å²) in [4.78, 5) is 20.5. The summed E-state index contributed by atoms with van der Waals surface area (Å²) in [5.74, 6) is -0.169. The molecule has 0 saturated carbocycles. The van der Waals surface area contributed by atoms with E-state index in [0.29, 0.717) is 36.2 Å². The van der Waals surface area contributed by atoms with Crippen LogP contribution in [0, 0.1) is 0 Å². The largest absolute Gasteiger partial charge is 0.383 e. The highest BCUT2D eigenvalue weighted by atomic mass is 35.5. The third-order valence-corrected chi connectivity index (χ3v) is 3.18. The van der Waals surface area contributed by atoms with Gasteiger partial charge in [0.1, 0.15) is 5.52 Å². The molecule has 0 aliphatic heterocycles. The zero-order valence-electron chi connectivity index (χ0n) is 11.2. The molecule has 0 saturated heterocycles. The molecular weight excluding hydrogens is 278 g/mol. The number of fused-ring (bicyclic) bond motifs is 1. The Balaban J connectivity index is 2.01. The maximum Gasteiger partial charge on any atom is 0.253 e. The van der Waals surface area contributed by atoms with E-state index in [1.807, 2.05) is 6.07 Å². The number of carbonyl (C=O) groups is 1. The van der Waals surface area contributed by atoms with Crippen LogP contribution in [0.25, 0.3) is 11.0 Å². The Kier molecular flexibility index (Phi) is 5.26. The second kappa shape index (κ2) is 7.17. The van der Waals surface area contributed by atoms with Gasteiger partial charge < -0.3 is 10.1 Å². The van der Waals surface area contributed by atoms with Gasteiger partial charge in [-0.2, -0.15) is 0 Å². The number of benzene rings is 1. The number of hydrogen-bond acceptors (Lipinski definition) is 4. The highest BCUT2D eigenvalue weighted by Gasteiger charge is 2.11. The third kappa shape index (κ3) is 3.65. The standard InChI is InChI=1S/C14H16ClN3O2/c1-20-9-10(15)5-6-18-14(19)11-3-2-4-12-13(11)17-8-7-16-12/h2-4,7-8,10H,5-6,9H2,1H3,(H,18,19). The second-order valence-electron chi connectivity index (χ2n) is 4.33. The van der Waals surface area contributed by atoms with Crippen LogP contribution >= 0.6 is 11.6 Å². The number of alkyl halides is 1. The Morgan fingerprint density at radius 3 is 3.00 bits per heavy atom. The molecule has 2 rings (SSSR count). The first kappa shape index (κ1) is 14.7. The number of halogens is 1. The number of rotatable bonds is 6. The van der Waals surface area contributed by atoms with E-state index in [1.54, 1.807) is 31.6 Å². The summed E-state index contributed by atoms with van der Waals surface area (Å²) < 4.78 is 4.94. The van der Waals surface area contributed by atoms with Crippen molar-refractivity contribution in [3.05, 3.63) is 36.2 Å². The lowest BCUT2D eigenvalue weighted by Gasteiger charge is -2.10. The minimum Gasteiger partial charge on any atom is -0.383 e. The zero-order chi connectivity index (χ0) is 14.4. The fourth-order valence-electron chi connectivity index (χ4n) is 1.88. The first-order valence-corrected chi connectivity index (χ1v) is 6.77. The third-order valence-electron chi connectivity index (χ3n) is 2.83. The average molecular weight is 294 g/mol. The van der Waals surface area contributed by atoms with Crippen molar-refractivity contribution >= 4 is 28.5 Å². The summed E-state index contributed by atoms with van der Waals surface area (Å²) in [5.41, 5.74) is 1.83. The Morgan fingerprint density at radius 1 is 1.40 bits per heavy atom. The van der Waals surface area contributed by atoms with Crippen molar-refractivity contribution in [1.82, 2.24) is 15.3 Å². The average Bonchev–Trinajstić information content (AvgIpc) is 2.47.